The average Bonchev–Trinajstić information content (AvgIpc) is 3.01. The molecule has 0 atom stereocenters. The molecule has 0 aliphatic carbocycles. The number of hydrogen-bond donors (Lipinski definition) is 1. The first kappa shape index (κ1) is 27.6. The lowest BCUT2D eigenvalue weighted by Crippen LogP contribution is -2.37. The first-order valence-corrected chi connectivity index (χ1v) is 13.7. The molecule has 0 saturated carbocycles. The summed E-state index contributed by atoms with van der Waals surface area (Å²) in [6, 6.07) is 15.3. The second-order valence-corrected chi connectivity index (χ2v) is 9.66. The van der Waals surface area contributed by atoms with Gasteiger partial charge in [-0.25, -0.2) is 9.97 Å². The Morgan fingerprint density at radius 3 is 2.60 bits per heavy atom. The van der Waals surface area contributed by atoms with Gasteiger partial charge >= 0.3 is 0 Å². The number of nitrogens with zero attached hydrogens (tertiary/aromatic N) is 4. The zero-order chi connectivity index (χ0) is 27.6. The summed E-state index contributed by atoms with van der Waals surface area (Å²) in [5.41, 5.74) is 2.75. The van der Waals surface area contributed by atoms with Crippen LogP contribution in [0.4, 0.5) is 11.6 Å². The Hall–Kier alpha value is -3.91. The van der Waals surface area contributed by atoms with E-state index in [2.05, 4.69) is 26.3 Å². The first-order valence-electron chi connectivity index (χ1n) is 13.7. The van der Waals surface area contributed by atoms with E-state index < -0.39 is 0 Å². The van der Waals surface area contributed by atoms with Crippen molar-refractivity contribution in [3.63, 3.8) is 0 Å². The van der Waals surface area contributed by atoms with Gasteiger partial charge in [0, 0.05) is 56.0 Å². The van der Waals surface area contributed by atoms with Gasteiger partial charge in [0.1, 0.15) is 17.9 Å². The van der Waals surface area contributed by atoms with Gasteiger partial charge in [0.05, 0.1) is 51.4 Å². The molecule has 3 heterocycles. The monoisotopic (exact) mass is 545 g/mol. The van der Waals surface area contributed by atoms with Gasteiger partial charge in [-0.1, -0.05) is 0 Å². The van der Waals surface area contributed by atoms with Gasteiger partial charge in [-0.3, -0.25) is 4.90 Å². The number of benzene rings is 2. The molecule has 0 unspecified atom stereocenters. The van der Waals surface area contributed by atoms with Crippen molar-refractivity contribution in [3.8, 4) is 34.6 Å². The molecule has 10 nitrogen and oxygen atoms in total. The largest absolute Gasteiger partial charge is 0.493 e. The van der Waals surface area contributed by atoms with Gasteiger partial charge in [-0.05, 0) is 42.8 Å². The molecule has 3 aromatic rings. The van der Waals surface area contributed by atoms with Crippen LogP contribution in [-0.2, 0) is 9.47 Å². The standard InChI is InChI=1S/C30H35N5O5/c1-36-28-6-4-24(20-29(28)39-14-2-11-35-12-17-38-18-13-35)33-30-32-10-7-26(34-30)22-3-5-27(23(19-22)21-31)40-25-8-15-37-16-9-25/h3-7,10,19-20,25H,2,8-9,11-18H2,1H3,(H,32,33,34). The molecule has 5 rings (SSSR count). The molecule has 1 aromatic heterocycles. The first-order chi connectivity index (χ1) is 19.7. The average molecular weight is 546 g/mol. The van der Waals surface area contributed by atoms with Crippen LogP contribution in [0.3, 0.4) is 0 Å². The molecule has 1 N–H and O–H groups in total. The van der Waals surface area contributed by atoms with E-state index in [0.717, 1.165) is 63.4 Å². The zero-order valence-corrected chi connectivity index (χ0v) is 22.8. The number of nitriles is 1. The third-order valence-electron chi connectivity index (χ3n) is 6.91. The Kier molecular flexibility index (Phi) is 9.63. The Bertz CT molecular complexity index is 1300. The SMILES string of the molecule is COc1ccc(Nc2nccc(-c3ccc(OC4CCOCC4)c(C#N)c3)n2)cc1OCCCN1CCOCC1. The number of nitrogens with one attached hydrogen (secondary N) is 1. The molecular weight excluding hydrogens is 510 g/mol. The maximum Gasteiger partial charge on any atom is 0.227 e. The molecule has 210 valence electrons. The number of rotatable bonds is 11. The predicted molar refractivity (Wildman–Crippen MR) is 150 cm³/mol. The van der Waals surface area contributed by atoms with E-state index in [-0.39, 0.29) is 6.10 Å². The fraction of sp³-hybridized carbons (Fsp3) is 0.433. The lowest BCUT2D eigenvalue weighted by molar-refractivity contribution is 0.0254. The van der Waals surface area contributed by atoms with E-state index in [0.29, 0.717) is 54.3 Å². The van der Waals surface area contributed by atoms with E-state index in [1.165, 1.54) is 0 Å². The Morgan fingerprint density at radius 2 is 1.80 bits per heavy atom. The third kappa shape index (κ3) is 7.39. The number of hydrogen-bond acceptors (Lipinski definition) is 10. The zero-order valence-electron chi connectivity index (χ0n) is 22.8. The van der Waals surface area contributed by atoms with Crippen LogP contribution in [0.25, 0.3) is 11.3 Å². The van der Waals surface area contributed by atoms with E-state index in [1.807, 2.05) is 36.4 Å². The quantitative estimate of drug-likeness (QED) is 0.348. The minimum atomic E-state index is 0.0599. The summed E-state index contributed by atoms with van der Waals surface area (Å²) in [7, 11) is 1.63. The van der Waals surface area contributed by atoms with Crippen LogP contribution in [0.15, 0.2) is 48.7 Å². The second-order valence-electron chi connectivity index (χ2n) is 9.66. The molecule has 2 aliphatic heterocycles. The molecule has 40 heavy (non-hydrogen) atoms. The predicted octanol–water partition coefficient (Wildman–Crippen LogP) is 4.43. The van der Waals surface area contributed by atoms with Crippen LogP contribution in [-0.4, -0.2) is 80.8 Å². The molecule has 0 spiro atoms. The summed E-state index contributed by atoms with van der Waals surface area (Å²) in [5, 5.41) is 13.0. The van der Waals surface area contributed by atoms with Crippen molar-refractivity contribution in [2.24, 2.45) is 0 Å². The van der Waals surface area contributed by atoms with Gasteiger partial charge in [-0.15, -0.1) is 0 Å². The number of methoxy groups -OCH3 is 1. The fourth-order valence-electron chi connectivity index (χ4n) is 4.72. The van der Waals surface area contributed by atoms with E-state index in [9.17, 15) is 5.26 Å². The van der Waals surface area contributed by atoms with Gasteiger partial charge in [-0.2, -0.15) is 5.26 Å². The summed E-state index contributed by atoms with van der Waals surface area (Å²) >= 11 is 0. The molecule has 10 heteroatoms. The van der Waals surface area contributed by atoms with Gasteiger partial charge in [0.15, 0.2) is 11.5 Å². The number of morpholine rings is 1. The van der Waals surface area contributed by atoms with Gasteiger partial charge < -0.3 is 29.0 Å². The van der Waals surface area contributed by atoms with Gasteiger partial charge in [0.2, 0.25) is 5.95 Å². The molecule has 2 fully saturated rings. The lowest BCUT2D eigenvalue weighted by atomic mass is 10.1. The third-order valence-corrected chi connectivity index (χ3v) is 6.91. The second kappa shape index (κ2) is 13.9. The minimum Gasteiger partial charge on any atom is -0.493 e. The van der Waals surface area contributed by atoms with Crippen LogP contribution in [0, 0.1) is 11.3 Å². The highest BCUT2D eigenvalue weighted by Crippen LogP contribution is 2.32. The fourth-order valence-corrected chi connectivity index (χ4v) is 4.72. The topological polar surface area (TPSA) is 111 Å². The summed E-state index contributed by atoms with van der Waals surface area (Å²) in [5.74, 6) is 2.34. The van der Waals surface area contributed by atoms with Crippen LogP contribution >= 0.6 is 0 Å². The smallest absolute Gasteiger partial charge is 0.227 e. The van der Waals surface area contributed by atoms with Crippen molar-refractivity contribution < 1.29 is 23.7 Å². The number of ether oxygens (including phenoxy) is 5. The molecule has 2 saturated heterocycles. The normalized spacial score (nSPS) is 16.2. The van der Waals surface area contributed by atoms with Gasteiger partial charge in [0.25, 0.3) is 0 Å². The minimum absolute atomic E-state index is 0.0599. The van der Waals surface area contributed by atoms with Crippen molar-refractivity contribution in [2.75, 3.05) is 65.1 Å². The summed E-state index contributed by atoms with van der Waals surface area (Å²) in [4.78, 5) is 11.5. The highest BCUT2D eigenvalue weighted by atomic mass is 16.5. The van der Waals surface area contributed by atoms with E-state index >= 15 is 0 Å². The van der Waals surface area contributed by atoms with Crippen LogP contribution < -0.4 is 19.5 Å². The summed E-state index contributed by atoms with van der Waals surface area (Å²) < 4.78 is 28.5. The Balaban J connectivity index is 1.23. The van der Waals surface area contributed by atoms with Crippen molar-refractivity contribution >= 4 is 11.6 Å². The molecular formula is C30H35N5O5. The van der Waals surface area contributed by atoms with Crippen molar-refractivity contribution in [1.29, 1.82) is 5.26 Å². The Morgan fingerprint density at radius 1 is 1.00 bits per heavy atom. The summed E-state index contributed by atoms with van der Waals surface area (Å²) in [6.07, 6.45) is 4.30. The molecule has 0 amide bonds. The highest BCUT2D eigenvalue weighted by Gasteiger charge is 2.18. The van der Waals surface area contributed by atoms with E-state index in [4.69, 9.17) is 23.7 Å². The van der Waals surface area contributed by atoms with Crippen LogP contribution in [0.1, 0.15) is 24.8 Å². The lowest BCUT2D eigenvalue weighted by Gasteiger charge is -2.26. The highest BCUT2D eigenvalue weighted by molar-refractivity contribution is 5.66. The molecule has 0 radical (unpaired) electrons. The van der Waals surface area contributed by atoms with Crippen molar-refractivity contribution in [2.45, 2.75) is 25.4 Å². The maximum absolute atomic E-state index is 9.75. The van der Waals surface area contributed by atoms with Crippen LogP contribution in [0.2, 0.25) is 0 Å². The number of aromatic nitrogens is 2. The van der Waals surface area contributed by atoms with Crippen molar-refractivity contribution in [1.82, 2.24) is 14.9 Å². The number of anilines is 2. The summed E-state index contributed by atoms with van der Waals surface area (Å²) in [6.45, 7) is 6.43. The molecule has 2 aliphatic rings. The Labute approximate surface area is 234 Å². The van der Waals surface area contributed by atoms with E-state index in [1.54, 1.807) is 19.4 Å². The molecule has 0 bridgehead atoms. The van der Waals surface area contributed by atoms with Crippen LogP contribution in [0.5, 0.6) is 17.2 Å². The van der Waals surface area contributed by atoms with Crippen molar-refractivity contribution in [3.05, 3.63) is 54.2 Å². The molecule has 2 aromatic carbocycles. The maximum atomic E-state index is 9.75.